The van der Waals surface area contributed by atoms with Gasteiger partial charge in [-0.05, 0) is 48.5 Å². The number of hydrazone groups is 1. The molecule has 0 bridgehead atoms. The molecule has 0 aliphatic heterocycles. The predicted octanol–water partition coefficient (Wildman–Crippen LogP) is 3.80. The van der Waals surface area contributed by atoms with Crippen molar-refractivity contribution in [2.45, 2.75) is 0 Å². The molecule has 130 valence electrons. The largest absolute Gasteiger partial charge is 0.316 e. The average molecular weight is 369 g/mol. The van der Waals surface area contributed by atoms with E-state index in [2.05, 4.69) is 10.5 Å². The highest BCUT2D eigenvalue weighted by molar-refractivity contribution is 6.30. The predicted molar refractivity (Wildman–Crippen MR) is 98.9 cm³/mol. The first-order chi connectivity index (χ1) is 12.5. The number of hydrogen-bond acceptors (Lipinski definition) is 4. The molecule has 0 aliphatic carbocycles. The summed E-state index contributed by atoms with van der Waals surface area (Å²) in [5.41, 5.74) is 4.35. The molecule has 1 heterocycles. The third-order valence-electron chi connectivity index (χ3n) is 3.59. The monoisotopic (exact) mass is 368 g/mol. The van der Waals surface area contributed by atoms with Crippen LogP contribution < -0.4 is 5.43 Å². The van der Waals surface area contributed by atoms with E-state index in [9.17, 15) is 14.9 Å². The molecule has 1 aromatic heterocycles. The first-order valence-electron chi connectivity index (χ1n) is 7.56. The molecule has 1 N–H and O–H groups in total. The molecule has 2 aromatic carbocycles. The second-order valence-electron chi connectivity index (χ2n) is 5.28. The van der Waals surface area contributed by atoms with Crippen molar-refractivity contribution in [2.24, 2.45) is 5.10 Å². The molecule has 8 heteroatoms. The molecule has 7 nitrogen and oxygen atoms in total. The summed E-state index contributed by atoms with van der Waals surface area (Å²) in [6.07, 6.45) is 3.29. The van der Waals surface area contributed by atoms with Crippen molar-refractivity contribution in [1.29, 1.82) is 0 Å². The third kappa shape index (κ3) is 3.96. The highest BCUT2D eigenvalue weighted by Crippen LogP contribution is 2.17. The van der Waals surface area contributed by atoms with E-state index in [1.165, 1.54) is 18.3 Å². The topological polar surface area (TPSA) is 89.5 Å². The third-order valence-corrected chi connectivity index (χ3v) is 3.84. The van der Waals surface area contributed by atoms with Crippen molar-refractivity contribution in [3.8, 4) is 5.69 Å². The second kappa shape index (κ2) is 7.62. The summed E-state index contributed by atoms with van der Waals surface area (Å²) in [4.78, 5) is 22.3. The van der Waals surface area contributed by atoms with Gasteiger partial charge in [0.2, 0.25) is 0 Å². The van der Waals surface area contributed by atoms with Crippen LogP contribution in [0.15, 0.2) is 72.0 Å². The molecular formula is C18H13ClN4O3. The normalized spacial score (nSPS) is 10.8. The zero-order valence-corrected chi connectivity index (χ0v) is 14.1. The summed E-state index contributed by atoms with van der Waals surface area (Å²) >= 11 is 5.79. The summed E-state index contributed by atoms with van der Waals surface area (Å²) in [7, 11) is 0. The fourth-order valence-corrected chi connectivity index (χ4v) is 2.42. The van der Waals surface area contributed by atoms with Crippen LogP contribution in [0.3, 0.4) is 0 Å². The van der Waals surface area contributed by atoms with Crippen LogP contribution in [0.25, 0.3) is 5.69 Å². The maximum atomic E-state index is 12.0. The van der Waals surface area contributed by atoms with Gasteiger partial charge in [0, 0.05) is 34.6 Å². The molecule has 0 spiro atoms. The van der Waals surface area contributed by atoms with Gasteiger partial charge in [-0.1, -0.05) is 11.6 Å². The number of hydrogen-bond donors (Lipinski definition) is 1. The molecule has 0 radical (unpaired) electrons. The Kier molecular flexibility index (Phi) is 5.09. The maximum Gasteiger partial charge on any atom is 0.271 e. The van der Waals surface area contributed by atoms with Crippen molar-refractivity contribution < 1.29 is 9.72 Å². The van der Waals surface area contributed by atoms with Gasteiger partial charge < -0.3 is 4.57 Å². The number of carbonyl (C=O) groups excluding carboxylic acids is 1. The minimum absolute atomic E-state index is 0.0198. The zero-order valence-electron chi connectivity index (χ0n) is 13.4. The smallest absolute Gasteiger partial charge is 0.271 e. The van der Waals surface area contributed by atoms with Crippen molar-refractivity contribution in [2.75, 3.05) is 0 Å². The fraction of sp³-hybridized carbons (Fsp3) is 0. The van der Waals surface area contributed by atoms with Crippen molar-refractivity contribution in [3.63, 3.8) is 0 Å². The lowest BCUT2D eigenvalue weighted by atomic mass is 10.2. The van der Waals surface area contributed by atoms with Crippen LogP contribution in [0.5, 0.6) is 0 Å². The van der Waals surface area contributed by atoms with Gasteiger partial charge in [0.1, 0.15) is 0 Å². The Morgan fingerprint density at radius 3 is 2.46 bits per heavy atom. The van der Waals surface area contributed by atoms with Crippen LogP contribution >= 0.6 is 11.6 Å². The molecule has 3 aromatic rings. The minimum atomic E-state index is -0.450. The van der Waals surface area contributed by atoms with Crippen molar-refractivity contribution in [1.82, 2.24) is 9.99 Å². The van der Waals surface area contributed by atoms with Crippen LogP contribution in [0, 0.1) is 10.1 Å². The Morgan fingerprint density at radius 2 is 1.81 bits per heavy atom. The van der Waals surface area contributed by atoms with Crippen LogP contribution in [0.4, 0.5) is 5.69 Å². The Bertz CT molecular complexity index is 963. The Balaban J connectivity index is 1.72. The summed E-state index contributed by atoms with van der Waals surface area (Å²) in [5, 5.41) is 15.2. The molecule has 0 atom stereocenters. The lowest BCUT2D eigenvalue weighted by Crippen LogP contribution is -2.17. The summed E-state index contributed by atoms with van der Waals surface area (Å²) < 4.78 is 1.79. The number of nitro groups is 1. The highest BCUT2D eigenvalue weighted by atomic mass is 35.5. The first-order valence-corrected chi connectivity index (χ1v) is 7.93. The van der Waals surface area contributed by atoms with Gasteiger partial charge in [0.25, 0.3) is 11.6 Å². The molecule has 0 fully saturated rings. The summed E-state index contributed by atoms with van der Waals surface area (Å²) in [6.45, 7) is 0. The lowest BCUT2D eigenvalue weighted by Gasteiger charge is -2.06. The van der Waals surface area contributed by atoms with Gasteiger partial charge in [-0.2, -0.15) is 5.10 Å². The van der Waals surface area contributed by atoms with Crippen LogP contribution in [0.1, 0.15) is 16.1 Å². The standard InChI is InChI=1S/C18H13ClN4O3/c19-14-5-3-13(4-6-14)18(24)21-20-12-17-2-1-11-22(17)15-7-9-16(10-8-15)23(25)26/h1-12H,(H,21,24)/b20-12+. The van der Waals surface area contributed by atoms with Crippen LogP contribution in [-0.2, 0) is 0 Å². The Hall–Kier alpha value is -3.45. The molecule has 0 saturated heterocycles. The molecule has 1 amide bonds. The number of rotatable bonds is 5. The van der Waals surface area contributed by atoms with E-state index in [0.717, 1.165) is 5.69 Å². The van der Waals surface area contributed by atoms with E-state index in [4.69, 9.17) is 11.6 Å². The zero-order chi connectivity index (χ0) is 18.5. The highest BCUT2D eigenvalue weighted by Gasteiger charge is 2.07. The van der Waals surface area contributed by atoms with Crippen LogP contribution in [0.2, 0.25) is 5.02 Å². The van der Waals surface area contributed by atoms with Crippen molar-refractivity contribution >= 4 is 29.4 Å². The van der Waals surface area contributed by atoms with Gasteiger partial charge in [0.15, 0.2) is 0 Å². The van der Waals surface area contributed by atoms with Gasteiger partial charge in [-0.25, -0.2) is 5.43 Å². The van der Waals surface area contributed by atoms with Crippen molar-refractivity contribution in [3.05, 3.63) is 93.3 Å². The number of nitrogens with one attached hydrogen (secondary N) is 1. The number of nitrogens with zero attached hydrogens (tertiary/aromatic N) is 3. The number of nitro benzene ring substituents is 1. The first kappa shape index (κ1) is 17.4. The second-order valence-corrected chi connectivity index (χ2v) is 5.72. The Labute approximate surface area is 153 Å². The summed E-state index contributed by atoms with van der Waals surface area (Å²) in [5.74, 6) is -0.355. The van der Waals surface area contributed by atoms with E-state index < -0.39 is 4.92 Å². The maximum absolute atomic E-state index is 12.0. The van der Waals surface area contributed by atoms with Gasteiger partial charge in [-0.3, -0.25) is 14.9 Å². The molecule has 26 heavy (non-hydrogen) atoms. The molecular weight excluding hydrogens is 356 g/mol. The molecule has 0 unspecified atom stereocenters. The number of halogens is 1. The van der Waals surface area contributed by atoms with Gasteiger partial charge >= 0.3 is 0 Å². The minimum Gasteiger partial charge on any atom is -0.316 e. The van der Waals surface area contributed by atoms with E-state index >= 15 is 0 Å². The SMILES string of the molecule is O=C(N/N=C/c1cccn1-c1ccc([N+](=O)[O-])cc1)c1ccc(Cl)cc1. The van der Waals surface area contributed by atoms with Gasteiger partial charge in [-0.15, -0.1) is 0 Å². The molecule has 0 aliphatic rings. The lowest BCUT2D eigenvalue weighted by molar-refractivity contribution is -0.384. The Morgan fingerprint density at radius 1 is 1.12 bits per heavy atom. The van der Waals surface area contributed by atoms with E-state index in [1.54, 1.807) is 53.2 Å². The quantitative estimate of drug-likeness (QED) is 0.422. The number of carbonyl (C=O) groups is 1. The number of amides is 1. The van der Waals surface area contributed by atoms with Gasteiger partial charge in [0.05, 0.1) is 16.8 Å². The fourth-order valence-electron chi connectivity index (χ4n) is 2.29. The van der Waals surface area contributed by atoms with E-state index in [-0.39, 0.29) is 11.6 Å². The summed E-state index contributed by atoms with van der Waals surface area (Å²) in [6, 6.07) is 16.2. The number of benzene rings is 2. The van der Waals surface area contributed by atoms with E-state index in [0.29, 0.717) is 16.3 Å². The average Bonchev–Trinajstić information content (AvgIpc) is 3.10. The molecule has 3 rings (SSSR count). The number of aromatic nitrogens is 1. The molecule has 0 saturated carbocycles. The van der Waals surface area contributed by atoms with E-state index in [1.807, 2.05) is 6.07 Å². The van der Waals surface area contributed by atoms with Crippen LogP contribution in [-0.4, -0.2) is 21.6 Å². The number of non-ortho nitro benzene ring substituents is 1.